The van der Waals surface area contributed by atoms with Crippen LogP contribution in [-0.2, 0) is 14.4 Å². The van der Waals surface area contributed by atoms with Crippen LogP contribution in [0.15, 0.2) is 48.5 Å². The first kappa shape index (κ1) is 21.9. The maximum atomic E-state index is 12.2. The molecule has 0 aromatic heterocycles. The molecule has 154 valence electrons. The van der Waals surface area contributed by atoms with E-state index in [9.17, 15) is 14.4 Å². The molecule has 2 aromatic carbocycles. The molecule has 2 rings (SSSR count). The van der Waals surface area contributed by atoms with Gasteiger partial charge < -0.3 is 21.3 Å². The van der Waals surface area contributed by atoms with E-state index in [0.717, 1.165) is 12.1 Å². The normalized spacial score (nSPS) is 10.3. The van der Waals surface area contributed by atoms with Gasteiger partial charge in [-0.1, -0.05) is 32.9 Å². The Morgan fingerprint density at radius 2 is 1.31 bits per heavy atom. The number of amides is 3. The van der Waals surface area contributed by atoms with Crippen LogP contribution in [0.3, 0.4) is 0 Å². The minimum Gasteiger partial charge on any atom is -0.376 e. The largest absolute Gasteiger partial charge is 0.376 e. The lowest BCUT2D eigenvalue weighted by molar-refractivity contribution is -0.119. The highest BCUT2D eigenvalue weighted by atomic mass is 16.2. The zero-order valence-electron chi connectivity index (χ0n) is 17.0. The molecule has 0 radical (unpaired) electrons. The van der Waals surface area contributed by atoms with Crippen molar-refractivity contribution in [3.63, 3.8) is 0 Å². The molecule has 3 amide bonds. The number of carbonyl (C=O) groups excluding carboxylic acids is 3. The highest BCUT2D eigenvalue weighted by molar-refractivity contribution is 5.96. The van der Waals surface area contributed by atoms with E-state index in [2.05, 4.69) is 21.3 Å². The van der Waals surface area contributed by atoms with Gasteiger partial charge in [-0.15, -0.1) is 0 Å². The molecular weight excluding hydrogens is 368 g/mol. The standard InChI is InChI=1S/C22H28N4O3/c1-4-7-20(27)24-17-9-6-10-18(13-17)25-21(28)14-23-16-8-5-11-19(12-16)26-22(29)15(2)3/h5-6,8-13,15,23H,4,7,14H2,1-3H3,(H,24,27)(H,25,28)(H,26,29). The summed E-state index contributed by atoms with van der Waals surface area (Å²) >= 11 is 0. The van der Waals surface area contributed by atoms with Crippen molar-refractivity contribution in [2.24, 2.45) is 5.92 Å². The fourth-order valence-corrected chi connectivity index (χ4v) is 2.51. The van der Waals surface area contributed by atoms with Gasteiger partial charge in [0.25, 0.3) is 0 Å². The number of benzene rings is 2. The van der Waals surface area contributed by atoms with Gasteiger partial charge in [-0.25, -0.2) is 0 Å². The number of nitrogens with one attached hydrogen (secondary N) is 4. The van der Waals surface area contributed by atoms with Crippen molar-refractivity contribution < 1.29 is 14.4 Å². The van der Waals surface area contributed by atoms with Crippen LogP contribution in [0.2, 0.25) is 0 Å². The van der Waals surface area contributed by atoms with Gasteiger partial charge in [-0.3, -0.25) is 14.4 Å². The molecule has 0 aliphatic rings. The van der Waals surface area contributed by atoms with E-state index in [0.29, 0.717) is 23.5 Å². The third-order valence-electron chi connectivity index (χ3n) is 4.01. The van der Waals surface area contributed by atoms with E-state index in [1.807, 2.05) is 26.8 Å². The summed E-state index contributed by atoms with van der Waals surface area (Å²) < 4.78 is 0. The summed E-state index contributed by atoms with van der Waals surface area (Å²) in [6.45, 7) is 5.66. The molecule has 0 aliphatic carbocycles. The summed E-state index contributed by atoms with van der Waals surface area (Å²) in [7, 11) is 0. The number of anilines is 4. The van der Waals surface area contributed by atoms with E-state index in [1.165, 1.54) is 0 Å². The maximum Gasteiger partial charge on any atom is 0.243 e. The second-order valence-corrected chi connectivity index (χ2v) is 7.01. The monoisotopic (exact) mass is 396 g/mol. The average molecular weight is 396 g/mol. The van der Waals surface area contributed by atoms with Crippen molar-refractivity contribution in [1.82, 2.24) is 0 Å². The van der Waals surface area contributed by atoms with Crippen LogP contribution in [0.1, 0.15) is 33.6 Å². The van der Waals surface area contributed by atoms with Crippen LogP contribution in [0, 0.1) is 5.92 Å². The van der Waals surface area contributed by atoms with Crippen LogP contribution in [-0.4, -0.2) is 24.3 Å². The lowest BCUT2D eigenvalue weighted by atomic mass is 10.2. The molecule has 0 heterocycles. The molecule has 0 unspecified atom stereocenters. The van der Waals surface area contributed by atoms with Crippen molar-refractivity contribution in [3.8, 4) is 0 Å². The molecule has 0 bridgehead atoms. The van der Waals surface area contributed by atoms with E-state index in [4.69, 9.17) is 0 Å². The van der Waals surface area contributed by atoms with E-state index >= 15 is 0 Å². The molecular formula is C22H28N4O3. The predicted octanol–water partition coefficient (Wildman–Crippen LogP) is 4.07. The first-order valence-corrected chi connectivity index (χ1v) is 9.72. The number of hydrogen-bond donors (Lipinski definition) is 4. The number of carbonyl (C=O) groups is 3. The SMILES string of the molecule is CCCC(=O)Nc1cccc(NC(=O)CNc2cccc(NC(=O)C(C)C)c2)c1. The molecule has 29 heavy (non-hydrogen) atoms. The molecule has 0 atom stereocenters. The first-order valence-electron chi connectivity index (χ1n) is 9.72. The van der Waals surface area contributed by atoms with Gasteiger partial charge >= 0.3 is 0 Å². The van der Waals surface area contributed by atoms with Gasteiger partial charge in [0.05, 0.1) is 6.54 Å². The maximum absolute atomic E-state index is 12.2. The smallest absolute Gasteiger partial charge is 0.243 e. The van der Waals surface area contributed by atoms with E-state index < -0.39 is 0 Å². The van der Waals surface area contributed by atoms with E-state index in [-0.39, 0.29) is 30.2 Å². The first-order chi connectivity index (χ1) is 13.9. The van der Waals surface area contributed by atoms with Crippen LogP contribution in [0.25, 0.3) is 0 Å². The summed E-state index contributed by atoms with van der Waals surface area (Å²) in [4.78, 5) is 35.7. The molecule has 0 saturated heterocycles. The molecule has 2 aromatic rings. The van der Waals surface area contributed by atoms with Crippen molar-refractivity contribution in [2.75, 3.05) is 27.8 Å². The van der Waals surface area contributed by atoms with Crippen molar-refractivity contribution >= 4 is 40.5 Å². The zero-order valence-corrected chi connectivity index (χ0v) is 17.0. The fourth-order valence-electron chi connectivity index (χ4n) is 2.51. The molecule has 0 fully saturated rings. The summed E-state index contributed by atoms with van der Waals surface area (Å²) in [6, 6.07) is 14.2. The summed E-state index contributed by atoms with van der Waals surface area (Å²) in [6.07, 6.45) is 1.23. The minimum atomic E-state index is -0.223. The Bertz CT molecular complexity index is 865. The Kier molecular flexibility index (Phi) is 8.21. The van der Waals surface area contributed by atoms with Crippen LogP contribution in [0.4, 0.5) is 22.7 Å². The molecule has 0 saturated carbocycles. The molecule has 0 aliphatic heterocycles. The third kappa shape index (κ3) is 7.65. The lowest BCUT2D eigenvalue weighted by Gasteiger charge is -2.12. The Morgan fingerprint density at radius 1 is 0.793 bits per heavy atom. The Labute approximate surface area is 171 Å². The van der Waals surface area contributed by atoms with Crippen molar-refractivity contribution in [1.29, 1.82) is 0 Å². The third-order valence-corrected chi connectivity index (χ3v) is 4.01. The van der Waals surface area contributed by atoms with Gasteiger partial charge in [0.15, 0.2) is 0 Å². The summed E-state index contributed by atoms with van der Waals surface area (Å²) in [5.74, 6) is -0.452. The summed E-state index contributed by atoms with van der Waals surface area (Å²) in [5.41, 5.74) is 2.64. The van der Waals surface area contributed by atoms with Crippen LogP contribution >= 0.6 is 0 Å². The van der Waals surface area contributed by atoms with E-state index in [1.54, 1.807) is 42.5 Å². The van der Waals surface area contributed by atoms with Crippen LogP contribution in [0.5, 0.6) is 0 Å². The molecule has 7 nitrogen and oxygen atoms in total. The van der Waals surface area contributed by atoms with Crippen molar-refractivity contribution in [2.45, 2.75) is 33.6 Å². The Balaban J connectivity index is 1.89. The topological polar surface area (TPSA) is 99.3 Å². The Morgan fingerprint density at radius 3 is 1.90 bits per heavy atom. The molecule has 4 N–H and O–H groups in total. The second kappa shape index (κ2) is 10.8. The highest BCUT2D eigenvalue weighted by Gasteiger charge is 2.08. The fraction of sp³-hybridized carbons (Fsp3) is 0.318. The zero-order chi connectivity index (χ0) is 21.2. The van der Waals surface area contributed by atoms with Gasteiger partial charge in [0.2, 0.25) is 17.7 Å². The quantitative estimate of drug-likeness (QED) is 0.513. The van der Waals surface area contributed by atoms with Gasteiger partial charge in [-0.2, -0.15) is 0 Å². The Hall–Kier alpha value is -3.35. The lowest BCUT2D eigenvalue weighted by Crippen LogP contribution is -2.22. The predicted molar refractivity (Wildman–Crippen MR) is 117 cm³/mol. The van der Waals surface area contributed by atoms with Gasteiger partial charge in [-0.05, 0) is 42.8 Å². The van der Waals surface area contributed by atoms with Crippen molar-refractivity contribution in [3.05, 3.63) is 48.5 Å². The number of hydrogen-bond acceptors (Lipinski definition) is 4. The average Bonchev–Trinajstić information content (AvgIpc) is 2.67. The highest BCUT2D eigenvalue weighted by Crippen LogP contribution is 2.17. The second-order valence-electron chi connectivity index (χ2n) is 7.01. The molecule has 7 heteroatoms. The molecule has 0 spiro atoms. The number of rotatable bonds is 9. The van der Waals surface area contributed by atoms with Crippen LogP contribution < -0.4 is 21.3 Å². The van der Waals surface area contributed by atoms with Gasteiger partial charge in [0.1, 0.15) is 0 Å². The summed E-state index contributed by atoms with van der Waals surface area (Å²) in [5, 5.41) is 11.5. The van der Waals surface area contributed by atoms with Gasteiger partial charge in [0, 0.05) is 35.1 Å². The minimum absolute atomic E-state index is 0.0536.